The second-order valence-electron chi connectivity index (χ2n) is 3.59. The number of carbonyl (C=O) groups excluding carboxylic acids is 1. The maximum absolute atomic E-state index is 12.0. The summed E-state index contributed by atoms with van der Waals surface area (Å²) in [6.07, 6.45) is 1.89. The smallest absolute Gasteiger partial charge is 0.170 e. The number of Topliss-reactive ketones (excluding diaryl/α,β-unsaturated/α-hetero) is 1. The molecule has 1 aromatic heterocycles. The molecule has 16 heavy (non-hydrogen) atoms. The molecule has 2 rings (SSSR count). The van der Waals surface area contributed by atoms with Gasteiger partial charge >= 0.3 is 0 Å². The lowest BCUT2D eigenvalue weighted by molar-refractivity contribution is 0.0986. The lowest BCUT2D eigenvalue weighted by Gasteiger charge is -2.05. The van der Waals surface area contributed by atoms with Crippen molar-refractivity contribution in [2.45, 2.75) is 13.3 Å². The molecule has 0 amide bonds. The Morgan fingerprint density at radius 2 is 2.12 bits per heavy atom. The Bertz CT molecular complexity index is 501. The molecule has 2 nitrogen and oxygen atoms in total. The van der Waals surface area contributed by atoms with Crippen LogP contribution in [0.2, 0.25) is 0 Å². The summed E-state index contributed by atoms with van der Waals surface area (Å²) in [6.45, 7) is 1.93. The van der Waals surface area contributed by atoms with Gasteiger partial charge in [0.05, 0.1) is 12.7 Å². The van der Waals surface area contributed by atoms with E-state index in [-0.39, 0.29) is 5.78 Å². The van der Waals surface area contributed by atoms with Gasteiger partial charge in [-0.3, -0.25) is 4.79 Å². The van der Waals surface area contributed by atoms with Crippen LogP contribution >= 0.6 is 15.9 Å². The Balaban J connectivity index is 2.24. The second kappa shape index (κ2) is 4.66. The van der Waals surface area contributed by atoms with Crippen LogP contribution in [0.4, 0.5) is 0 Å². The Kier molecular flexibility index (Phi) is 3.25. The highest BCUT2D eigenvalue weighted by Gasteiger charge is 2.12. The SMILES string of the molecule is Cc1c(Br)cccc1C(=O)Cc1ccco1. The molecule has 1 aromatic carbocycles. The first kappa shape index (κ1) is 11.1. The van der Waals surface area contributed by atoms with Crippen LogP contribution in [0.3, 0.4) is 0 Å². The summed E-state index contributed by atoms with van der Waals surface area (Å²) >= 11 is 3.42. The predicted octanol–water partition coefficient (Wildman–Crippen LogP) is 3.78. The van der Waals surface area contributed by atoms with Gasteiger partial charge in [-0.2, -0.15) is 0 Å². The van der Waals surface area contributed by atoms with Gasteiger partial charge in [-0.05, 0) is 30.7 Å². The van der Waals surface area contributed by atoms with E-state index in [1.54, 1.807) is 12.3 Å². The van der Waals surface area contributed by atoms with Crippen molar-refractivity contribution in [1.29, 1.82) is 0 Å². The number of rotatable bonds is 3. The summed E-state index contributed by atoms with van der Waals surface area (Å²) < 4.78 is 6.12. The quantitative estimate of drug-likeness (QED) is 0.800. The molecule has 0 spiro atoms. The Morgan fingerprint density at radius 1 is 1.31 bits per heavy atom. The Morgan fingerprint density at radius 3 is 2.81 bits per heavy atom. The molecule has 0 N–H and O–H groups in total. The summed E-state index contributed by atoms with van der Waals surface area (Å²) in [7, 11) is 0. The fourth-order valence-electron chi connectivity index (χ4n) is 1.58. The van der Waals surface area contributed by atoms with Crippen LogP contribution in [0.5, 0.6) is 0 Å². The molecule has 0 radical (unpaired) electrons. The average Bonchev–Trinajstić information content (AvgIpc) is 2.74. The molecule has 0 atom stereocenters. The standard InChI is InChI=1S/C13H11BrO2/c1-9-11(5-2-6-12(9)14)13(15)8-10-4-3-7-16-10/h2-7H,8H2,1H3. The van der Waals surface area contributed by atoms with Gasteiger partial charge < -0.3 is 4.42 Å². The van der Waals surface area contributed by atoms with Crippen molar-refractivity contribution >= 4 is 21.7 Å². The predicted molar refractivity (Wildman–Crippen MR) is 65.6 cm³/mol. The molecule has 0 aliphatic rings. The van der Waals surface area contributed by atoms with Crippen molar-refractivity contribution < 1.29 is 9.21 Å². The summed E-state index contributed by atoms with van der Waals surface area (Å²) in [4.78, 5) is 12.0. The lowest BCUT2D eigenvalue weighted by atomic mass is 10.0. The van der Waals surface area contributed by atoms with Crippen LogP contribution < -0.4 is 0 Å². The molecule has 0 unspecified atom stereocenters. The van der Waals surface area contributed by atoms with E-state index in [1.165, 1.54) is 0 Å². The highest BCUT2D eigenvalue weighted by atomic mass is 79.9. The van der Waals surface area contributed by atoms with Crippen molar-refractivity contribution in [1.82, 2.24) is 0 Å². The van der Waals surface area contributed by atoms with Gasteiger partial charge in [0.1, 0.15) is 5.76 Å². The summed E-state index contributed by atoms with van der Waals surface area (Å²) in [5.41, 5.74) is 1.71. The van der Waals surface area contributed by atoms with Crippen LogP contribution in [-0.4, -0.2) is 5.78 Å². The highest BCUT2D eigenvalue weighted by molar-refractivity contribution is 9.10. The van der Waals surface area contributed by atoms with Gasteiger partial charge in [0.25, 0.3) is 0 Å². The van der Waals surface area contributed by atoms with Gasteiger partial charge in [0.15, 0.2) is 5.78 Å². The van der Waals surface area contributed by atoms with E-state index >= 15 is 0 Å². The van der Waals surface area contributed by atoms with E-state index < -0.39 is 0 Å². The first-order chi connectivity index (χ1) is 7.68. The minimum atomic E-state index is 0.0775. The van der Waals surface area contributed by atoms with Crippen molar-refractivity contribution in [3.63, 3.8) is 0 Å². The zero-order valence-corrected chi connectivity index (χ0v) is 10.5. The molecule has 0 bridgehead atoms. The zero-order chi connectivity index (χ0) is 11.5. The van der Waals surface area contributed by atoms with Crippen molar-refractivity contribution in [2.24, 2.45) is 0 Å². The molecule has 3 heteroatoms. The largest absolute Gasteiger partial charge is 0.469 e. The van der Waals surface area contributed by atoms with Gasteiger partial charge in [-0.15, -0.1) is 0 Å². The number of hydrogen-bond donors (Lipinski definition) is 0. The third-order valence-electron chi connectivity index (χ3n) is 2.48. The molecule has 0 saturated carbocycles. The topological polar surface area (TPSA) is 30.2 Å². The van der Waals surface area contributed by atoms with Gasteiger partial charge in [-0.25, -0.2) is 0 Å². The van der Waals surface area contributed by atoms with E-state index in [2.05, 4.69) is 15.9 Å². The first-order valence-electron chi connectivity index (χ1n) is 4.99. The van der Waals surface area contributed by atoms with Crippen molar-refractivity contribution in [2.75, 3.05) is 0 Å². The first-order valence-corrected chi connectivity index (χ1v) is 5.78. The van der Waals surface area contributed by atoms with Crippen molar-refractivity contribution in [3.8, 4) is 0 Å². The van der Waals surface area contributed by atoms with Crippen LogP contribution in [0.1, 0.15) is 21.7 Å². The second-order valence-corrected chi connectivity index (χ2v) is 4.45. The number of carbonyl (C=O) groups is 1. The molecule has 0 fully saturated rings. The normalized spacial score (nSPS) is 10.4. The molecule has 82 valence electrons. The Labute approximate surface area is 102 Å². The third-order valence-corrected chi connectivity index (χ3v) is 3.34. The summed E-state index contributed by atoms with van der Waals surface area (Å²) in [6, 6.07) is 9.23. The monoisotopic (exact) mass is 278 g/mol. The van der Waals surface area contributed by atoms with E-state index in [0.29, 0.717) is 12.2 Å². The number of ketones is 1. The molecule has 2 aromatic rings. The van der Waals surface area contributed by atoms with Crippen molar-refractivity contribution in [3.05, 3.63) is 58.0 Å². The van der Waals surface area contributed by atoms with Gasteiger partial charge in [0.2, 0.25) is 0 Å². The fourth-order valence-corrected chi connectivity index (χ4v) is 1.94. The maximum Gasteiger partial charge on any atom is 0.170 e. The molecular formula is C13H11BrO2. The number of halogens is 1. The van der Waals surface area contributed by atoms with Crippen LogP contribution in [-0.2, 0) is 6.42 Å². The van der Waals surface area contributed by atoms with E-state index in [4.69, 9.17) is 4.42 Å². The third kappa shape index (κ3) is 2.25. The average molecular weight is 279 g/mol. The van der Waals surface area contributed by atoms with Crippen LogP contribution in [0.15, 0.2) is 45.5 Å². The number of hydrogen-bond acceptors (Lipinski definition) is 2. The van der Waals surface area contributed by atoms with Crippen LogP contribution in [0.25, 0.3) is 0 Å². The molecule has 0 saturated heterocycles. The minimum Gasteiger partial charge on any atom is -0.469 e. The van der Waals surface area contributed by atoms with Gasteiger partial charge in [0, 0.05) is 10.0 Å². The summed E-state index contributed by atoms with van der Waals surface area (Å²) in [5.74, 6) is 0.776. The highest BCUT2D eigenvalue weighted by Crippen LogP contribution is 2.20. The Hall–Kier alpha value is -1.35. The summed E-state index contributed by atoms with van der Waals surface area (Å²) in [5, 5.41) is 0. The van der Waals surface area contributed by atoms with E-state index in [1.807, 2.05) is 31.2 Å². The molecule has 0 aliphatic heterocycles. The number of furan rings is 1. The maximum atomic E-state index is 12.0. The van der Waals surface area contributed by atoms with Crippen LogP contribution in [0, 0.1) is 6.92 Å². The number of benzene rings is 1. The van der Waals surface area contributed by atoms with Gasteiger partial charge in [-0.1, -0.05) is 28.1 Å². The minimum absolute atomic E-state index is 0.0775. The molecule has 1 heterocycles. The fraction of sp³-hybridized carbons (Fsp3) is 0.154. The zero-order valence-electron chi connectivity index (χ0n) is 8.87. The van der Waals surface area contributed by atoms with E-state index in [9.17, 15) is 4.79 Å². The van der Waals surface area contributed by atoms with E-state index in [0.717, 1.165) is 15.6 Å². The molecule has 0 aliphatic carbocycles. The molecular weight excluding hydrogens is 268 g/mol. The lowest BCUT2D eigenvalue weighted by Crippen LogP contribution is -2.05.